The van der Waals surface area contributed by atoms with Crippen LogP contribution >= 0.6 is 0 Å². The molecule has 1 fully saturated rings. The van der Waals surface area contributed by atoms with Gasteiger partial charge >= 0.3 is 5.97 Å². The summed E-state index contributed by atoms with van der Waals surface area (Å²) in [7, 11) is 1.44. The molecule has 0 amide bonds. The molecule has 0 bridgehead atoms. The van der Waals surface area contributed by atoms with Crippen molar-refractivity contribution in [3.05, 3.63) is 30.3 Å². The molecule has 4 nitrogen and oxygen atoms in total. The van der Waals surface area contributed by atoms with E-state index in [0.29, 0.717) is 19.1 Å². The number of ether oxygens (including phenoxy) is 2. The number of esters is 1. The van der Waals surface area contributed by atoms with Gasteiger partial charge in [0.05, 0.1) is 13.5 Å². The number of nitrogens with zero attached hydrogens (tertiary/aromatic N) is 1. The molecule has 1 saturated heterocycles. The highest BCUT2D eigenvalue weighted by atomic mass is 16.5. The molecule has 20 heavy (non-hydrogen) atoms. The third-order valence-electron chi connectivity index (χ3n) is 3.77. The predicted octanol–water partition coefficient (Wildman–Crippen LogP) is 2.48. The van der Waals surface area contributed by atoms with Gasteiger partial charge in [0.15, 0.2) is 0 Å². The van der Waals surface area contributed by atoms with Gasteiger partial charge in [0.2, 0.25) is 0 Å². The maximum atomic E-state index is 11.3. The summed E-state index contributed by atoms with van der Waals surface area (Å²) in [6.45, 7) is 2.49. The molecule has 0 aromatic heterocycles. The first-order valence-electron chi connectivity index (χ1n) is 7.28. The number of methoxy groups -OCH3 is 1. The van der Waals surface area contributed by atoms with E-state index in [1.165, 1.54) is 20.0 Å². The number of benzene rings is 1. The van der Waals surface area contributed by atoms with Gasteiger partial charge in [-0.15, -0.1) is 0 Å². The number of carbonyl (C=O) groups excluding carboxylic acids is 1. The Hall–Kier alpha value is -1.55. The average molecular weight is 277 g/mol. The van der Waals surface area contributed by atoms with E-state index >= 15 is 0 Å². The van der Waals surface area contributed by atoms with Crippen LogP contribution in [-0.4, -0.2) is 43.7 Å². The first-order valence-corrected chi connectivity index (χ1v) is 7.28. The molecule has 1 atom stereocenters. The fourth-order valence-electron chi connectivity index (χ4n) is 2.59. The molecule has 1 aliphatic heterocycles. The maximum Gasteiger partial charge on any atom is 0.306 e. The summed E-state index contributed by atoms with van der Waals surface area (Å²) in [5, 5.41) is 0. The molecule has 1 heterocycles. The lowest BCUT2D eigenvalue weighted by molar-refractivity contribution is -0.141. The van der Waals surface area contributed by atoms with Crippen molar-refractivity contribution in [2.24, 2.45) is 0 Å². The lowest BCUT2D eigenvalue weighted by Gasteiger charge is -2.35. The third kappa shape index (κ3) is 4.53. The van der Waals surface area contributed by atoms with E-state index in [-0.39, 0.29) is 5.97 Å². The smallest absolute Gasteiger partial charge is 0.306 e. The van der Waals surface area contributed by atoms with Crippen LogP contribution in [-0.2, 0) is 9.53 Å². The summed E-state index contributed by atoms with van der Waals surface area (Å²) >= 11 is 0. The van der Waals surface area contributed by atoms with Crippen LogP contribution in [0.25, 0.3) is 0 Å². The highest BCUT2D eigenvalue weighted by molar-refractivity contribution is 5.69. The highest BCUT2D eigenvalue weighted by Gasteiger charge is 2.23. The van der Waals surface area contributed by atoms with Gasteiger partial charge in [0.25, 0.3) is 0 Å². The molecule has 1 aliphatic rings. The number of hydrogen-bond donors (Lipinski definition) is 0. The van der Waals surface area contributed by atoms with Gasteiger partial charge in [-0.2, -0.15) is 0 Å². The fraction of sp³-hybridized carbons (Fsp3) is 0.562. The van der Waals surface area contributed by atoms with E-state index in [1.807, 2.05) is 30.3 Å². The molecule has 2 rings (SSSR count). The fourth-order valence-corrected chi connectivity index (χ4v) is 2.59. The Morgan fingerprint density at radius 3 is 2.85 bits per heavy atom. The van der Waals surface area contributed by atoms with E-state index in [4.69, 9.17) is 9.47 Å². The Balaban J connectivity index is 1.82. The summed E-state index contributed by atoms with van der Waals surface area (Å²) in [6.07, 6.45) is 4.02. The van der Waals surface area contributed by atoms with Crippen LogP contribution < -0.4 is 4.74 Å². The number of carbonyl (C=O) groups is 1. The second-order valence-corrected chi connectivity index (χ2v) is 5.14. The number of rotatable bonds is 6. The molecule has 110 valence electrons. The van der Waals surface area contributed by atoms with E-state index in [9.17, 15) is 4.79 Å². The Labute approximate surface area is 120 Å². The van der Waals surface area contributed by atoms with Crippen molar-refractivity contribution in [3.8, 4) is 5.75 Å². The summed E-state index contributed by atoms with van der Waals surface area (Å²) < 4.78 is 10.6. The zero-order chi connectivity index (χ0) is 14.2. The molecule has 0 saturated carbocycles. The van der Waals surface area contributed by atoms with Crippen molar-refractivity contribution in [3.63, 3.8) is 0 Å². The summed E-state index contributed by atoms with van der Waals surface area (Å²) in [5.41, 5.74) is 0. The average Bonchev–Trinajstić information content (AvgIpc) is 2.52. The van der Waals surface area contributed by atoms with Crippen molar-refractivity contribution >= 4 is 5.97 Å². The first-order chi connectivity index (χ1) is 9.79. The Bertz CT molecular complexity index is 407. The van der Waals surface area contributed by atoms with Crippen molar-refractivity contribution in [1.29, 1.82) is 0 Å². The molecule has 0 aliphatic carbocycles. The van der Waals surface area contributed by atoms with Crippen molar-refractivity contribution in [1.82, 2.24) is 4.90 Å². The number of hydrogen-bond acceptors (Lipinski definition) is 4. The van der Waals surface area contributed by atoms with Gasteiger partial charge in [-0.25, -0.2) is 0 Å². The van der Waals surface area contributed by atoms with E-state index < -0.39 is 0 Å². The molecule has 0 spiro atoms. The van der Waals surface area contributed by atoms with Crippen LogP contribution in [0.4, 0.5) is 0 Å². The minimum atomic E-state index is -0.140. The zero-order valence-electron chi connectivity index (χ0n) is 12.1. The molecular weight excluding hydrogens is 254 g/mol. The van der Waals surface area contributed by atoms with Gasteiger partial charge in [0.1, 0.15) is 12.4 Å². The molecule has 1 aromatic rings. The van der Waals surface area contributed by atoms with Gasteiger partial charge in [0, 0.05) is 12.6 Å². The summed E-state index contributed by atoms with van der Waals surface area (Å²) in [5.74, 6) is 0.768. The second-order valence-electron chi connectivity index (χ2n) is 5.14. The van der Waals surface area contributed by atoms with Crippen molar-refractivity contribution in [2.45, 2.75) is 31.7 Å². The molecular formula is C16H23NO3. The topological polar surface area (TPSA) is 38.8 Å². The number of para-hydroxylation sites is 1. The second kappa shape index (κ2) is 7.90. The van der Waals surface area contributed by atoms with E-state index in [0.717, 1.165) is 25.3 Å². The lowest BCUT2D eigenvalue weighted by Crippen LogP contribution is -2.44. The first kappa shape index (κ1) is 14.9. The SMILES string of the molecule is COC(=O)CCN1CCCC[C@@H]1COc1ccccc1. The summed E-state index contributed by atoms with van der Waals surface area (Å²) in [4.78, 5) is 13.6. The maximum absolute atomic E-state index is 11.3. The lowest BCUT2D eigenvalue weighted by atomic mass is 10.0. The normalized spacial score (nSPS) is 19.6. The van der Waals surface area contributed by atoms with Gasteiger partial charge in [-0.05, 0) is 31.5 Å². The zero-order valence-corrected chi connectivity index (χ0v) is 12.1. The van der Waals surface area contributed by atoms with Crippen LogP contribution in [0.5, 0.6) is 5.75 Å². The van der Waals surface area contributed by atoms with E-state index in [1.54, 1.807) is 0 Å². The van der Waals surface area contributed by atoms with Crippen molar-refractivity contribution < 1.29 is 14.3 Å². The number of likely N-dealkylation sites (tertiary alicyclic amines) is 1. The van der Waals surface area contributed by atoms with Gasteiger partial charge in [-0.3, -0.25) is 9.69 Å². The van der Waals surface area contributed by atoms with E-state index in [2.05, 4.69) is 4.90 Å². The molecule has 1 aromatic carbocycles. The van der Waals surface area contributed by atoms with Crippen molar-refractivity contribution in [2.75, 3.05) is 26.8 Å². The monoisotopic (exact) mass is 277 g/mol. The Kier molecular flexibility index (Phi) is 5.87. The number of piperidine rings is 1. The Morgan fingerprint density at radius 1 is 1.30 bits per heavy atom. The van der Waals surface area contributed by atoms with Crippen LogP contribution in [0.2, 0.25) is 0 Å². The standard InChI is InChI=1S/C16H23NO3/c1-19-16(18)10-12-17-11-6-5-7-14(17)13-20-15-8-3-2-4-9-15/h2-4,8-9,14H,5-7,10-13H2,1H3/t14-/m1/s1. The molecule has 4 heteroatoms. The van der Waals surface area contributed by atoms with Crippen LogP contribution in [0.1, 0.15) is 25.7 Å². The van der Waals surface area contributed by atoms with Crippen LogP contribution in [0.15, 0.2) is 30.3 Å². The highest BCUT2D eigenvalue weighted by Crippen LogP contribution is 2.19. The summed E-state index contributed by atoms with van der Waals surface area (Å²) in [6, 6.07) is 10.3. The molecule has 0 radical (unpaired) electrons. The Morgan fingerprint density at radius 2 is 2.10 bits per heavy atom. The van der Waals surface area contributed by atoms with Gasteiger partial charge in [-0.1, -0.05) is 24.6 Å². The molecule has 0 unspecified atom stereocenters. The largest absolute Gasteiger partial charge is 0.492 e. The third-order valence-corrected chi connectivity index (χ3v) is 3.77. The minimum absolute atomic E-state index is 0.140. The predicted molar refractivity (Wildman–Crippen MR) is 77.8 cm³/mol. The van der Waals surface area contributed by atoms with Crippen LogP contribution in [0, 0.1) is 0 Å². The van der Waals surface area contributed by atoms with Gasteiger partial charge < -0.3 is 9.47 Å². The quantitative estimate of drug-likeness (QED) is 0.749. The van der Waals surface area contributed by atoms with Crippen LogP contribution in [0.3, 0.4) is 0 Å². The minimum Gasteiger partial charge on any atom is -0.492 e. The molecule has 0 N–H and O–H groups in total.